The Bertz CT molecular complexity index is 850. The van der Waals surface area contributed by atoms with Crippen LogP contribution in [0.5, 0.6) is 0 Å². The van der Waals surface area contributed by atoms with Crippen molar-refractivity contribution in [2.75, 3.05) is 6.54 Å². The van der Waals surface area contributed by atoms with Crippen LogP contribution in [0.1, 0.15) is 11.5 Å². The second kappa shape index (κ2) is 4.82. The normalized spacial score (nSPS) is 15.2. The smallest absolute Gasteiger partial charge is 0.258 e. The molecule has 0 saturated heterocycles. The molecule has 0 unspecified atom stereocenters. The Morgan fingerprint density at radius 1 is 1.19 bits per heavy atom. The third-order valence-electron chi connectivity index (χ3n) is 3.83. The Morgan fingerprint density at radius 3 is 3.10 bits per heavy atom. The molecular formula is C15H15N5O. The van der Waals surface area contributed by atoms with Gasteiger partial charge >= 0.3 is 0 Å². The summed E-state index contributed by atoms with van der Waals surface area (Å²) in [6.07, 6.45) is 5.58. The monoisotopic (exact) mass is 281 g/mol. The van der Waals surface area contributed by atoms with E-state index in [1.165, 1.54) is 0 Å². The number of rotatable bonds is 2. The van der Waals surface area contributed by atoms with Gasteiger partial charge in [-0.2, -0.15) is 0 Å². The molecule has 0 N–H and O–H groups in total. The van der Waals surface area contributed by atoms with Gasteiger partial charge in [0.1, 0.15) is 11.5 Å². The van der Waals surface area contributed by atoms with E-state index < -0.39 is 0 Å². The maximum atomic E-state index is 12.1. The fourth-order valence-corrected chi connectivity index (χ4v) is 2.77. The summed E-state index contributed by atoms with van der Waals surface area (Å²) in [7, 11) is 0. The predicted molar refractivity (Wildman–Crippen MR) is 77.8 cm³/mol. The van der Waals surface area contributed by atoms with E-state index in [0.29, 0.717) is 12.2 Å². The van der Waals surface area contributed by atoms with Crippen molar-refractivity contribution >= 4 is 5.65 Å². The minimum atomic E-state index is -0.0332. The van der Waals surface area contributed by atoms with Crippen molar-refractivity contribution < 1.29 is 0 Å². The van der Waals surface area contributed by atoms with Crippen molar-refractivity contribution in [3.05, 3.63) is 64.7 Å². The molecule has 0 fully saturated rings. The highest BCUT2D eigenvalue weighted by atomic mass is 16.1. The number of hydrogen-bond acceptors (Lipinski definition) is 4. The van der Waals surface area contributed by atoms with E-state index in [-0.39, 0.29) is 5.56 Å². The van der Waals surface area contributed by atoms with Crippen LogP contribution in [0.4, 0.5) is 0 Å². The van der Waals surface area contributed by atoms with E-state index in [9.17, 15) is 4.79 Å². The first-order valence-electron chi connectivity index (χ1n) is 6.99. The molecule has 1 aliphatic rings. The first-order valence-corrected chi connectivity index (χ1v) is 6.99. The van der Waals surface area contributed by atoms with Gasteiger partial charge in [0, 0.05) is 44.3 Å². The second-order valence-corrected chi connectivity index (χ2v) is 5.26. The summed E-state index contributed by atoms with van der Waals surface area (Å²) < 4.78 is 3.73. The molecule has 0 aliphatic carbocycles. The van der Waals surface area contributed by atoms with Crippen LogP contribution >= 0.6 is 0 Å². The minimum absolute atomic E-state index is 0.0332. The number of fused-ring (bicyclic) bond motifs is 2. The van der Waals surface area contributed by atoms with Gasteiger partial charge in [-0.25, -0.2) is 9.97 Å². The molecule has 3 aromatic rings. The molecular weight excluding hydrogens is 266 g/mol. The zero-order valence-electron chi connectivity index (χ0n) is 11.5. The predicted octanol–water partition coefficient (Wildman–Crippen LogP) is 0.907. The average molecular weight is 281 g/mol. The van der Waals surface area contributed by atoms with E-state index in [1.807, 2.05) is 30.6 Å². The molecule has 6 heteroatoms. The van der Waals surface area contributed by atoms with Gasteiger partial charge in [-0.05, 0) is 12.1 Å². The van der Waals surface area contributed by atoms with Crippen LogP contribution in [0.25, 0.3) is 5.65 Å². The van der Waals surface area contributed by atoms with Crippen LogP contribution in [0.2, 0.25) is 0 Å². The number of nitrogens with zero attached hydrogens (tertiary/aromatic N) is 5. The molecule has 0 saturated carbocycles. The minimum Gasteiger partial charge on any atom is -0.333 e. The largest absolute Gasteiger partial charge is 0.333 e. The summed E-state index contributed by atoms with van der Waals surface area (Å²) in [6.45, 7) is 3.34. The Hall–Kier alpha value is -2.47. The first kappa shape index (κ1) is 12.3. The number of hydrogen-bond donors (Lipinski definition) is 0. The molecule has 0 radical (unpaired) electrons. The topological polar surface area (TPSA) is 55.4 Å². The zero-order valence-corrected chi connectivity index (χ0v) is 11.5. The van der Waals surface area contributed by atoms with Gasteiger partial charge in [0.15, 0.2) is 0 Å². The van der Waals surface area contributed by atoms with Crippen molar-refractivity contribution in [1.29, 1.82) is 0 Å². The summed E-state index contributed by atoms with van der Waals surface area (Å²) in [5, 5.41) is 0. The van der Waals surface area contributed by atoms with Gasteiger partial charge < -0.3 is 4.57 Å². The van der Waals surface area contributed by atoms with Crippen molar-refractivity contribution in [3.63, 3.8) is 0 Å². The maximum absolute atomic E-state index is 12.1. The van der Waals surface area contributed by atoms with Gasteiger partial charge in [0.05, 0.1) is 12.2 Å². The third kappa shape index (κ3) is 2.23. The van der Waals surface area contributed by atoms with Gasteiger partial charge in [0.25, 0.3) is 5.56 Å². The Labute approximate surface area is 121 Å². The fourth-order valence-electron chi connectivity index (χ4n) is 2.77. The second-order valence-electron chi connectivity index (χ2n) is 5.26. The summed E-state index contributed by atoms with van der Waals surface area (Å²) in [4.78, 5) is 23.3. The van der Waals surface area contributed by atoms with E-state index in [2.05, 4.69) is 19.4 Å². The molecule has 4 heterocycles. The fraction of sp³-hybridized carbons (Fsp3) is 0.267. The third-order valence-corrected chi connectivity index (χ3v) is 3.83. The molecule has 0 spiro atoms. The molecule has 4 rings (SSSR count). The maximum Gasteiger partial charge on any atom is 0.258 e. The summed E-state index contributed by atoms with van der Waals surface area (Å²) >= 11 is 0. The Morgan fingerprint density at radius 2 is 2.14 bits per heavy atom. The molecule has 3 aromatic heterocycles. The van der Waals surface area contributed by atoms with Crippen LogP contribution in [0, 0.1) is 0 Å². The highest BCUT2D eigenvalue weighted by Crippen LogP contribution is 2.12. The van der Waals surface area contributed by atoms with E-state index in [4.69, 9.17) is 0 Å². The Kier molecular flexibility index (Phi) is 2.82. The molecule has 106 valence electrons. The van der Waals surface area contributed by atoms with Crippen molar-refractivity contribution in [3.8, 4) is 0 Å². The SMILES string of the molecule is O=c1cc(CN2CCn3ccnc3C2)nc2ccccn12. The molecule has 0 atom stereocenters. The number of pyridine rings is 1. The lowest BCUT2D eigenvalue weighted by Crippen LogP contribution is -2.33. The van der Waals surface area contributed by atoms with Crippen LogP contribution in [-0.4, -0.2) is 30.4 Å². The summed E-state index contributed by atoms with van der Waals surface area (Å²) in [5.41, 5.74) is 1.47. The van der Waals surface area contributed by atoms with Gasteiger partial charge in [-0.3, -0.25) is 14.1 Å². The highest BCUT2D eigenvalue weighted by Gasteiger charge is 2.17. The van der Waals surface area contributed by atoms with Crippen LogP contribution in [0.15, 0.2) is 47.7 Å². The van der Waals surface area contributed by atoms with Crippen LogP contribution in [0.3, 0.4) is 0 Å². The lowest BCUT2D eigenvalue weighted by Gasteiger charge is -2.27. The van der Waals surface area contributed by atoms with Gasteiger partial charge in [0.2, 0.25) is 0 Å². The van der Waals surface area contributed by atoms with E-state index >= 15 is 0 Å². The lowest BCUT2D eigenvalue weighted by atomic mass is 10.3. The number of imidazole rings is 1. The highest BCUT2D eigenvalue weighted by molar-refractivity contribution is 5.37. The Balaban J connectivity index is 1.62. The van der Waals surface area contributed by atoms with E-state index in [1.54, 1.807) is 16.7 Å². The van der Waals surface area contributed by atoms with Crippen molar-refractivity contribution in [1.82, 2.24) is 23.8 Å². The lowest BCUT2D eigenvalue weighted by molar-refractivity contribution is 0.206. The molecule has 6 nitrogen and oxygen atoms in total. The van der Waals surface area contributed by atoms with Crippen LogP contribution in [-0.2, 0) is 19.6 Å². The average Bonchev–Trinajstić information content (AvgIpc) is 2.95. The van der Waals surface area contributed by atoms with E-state index in [0.717, 1.165) is 31.2 Å². The molecule has 1 aliphatic heterocycles. The molecule has 0 aromatic carbocycles. The summed E-state index contributed by atoms with van der Waals surface area (Å²) in [6, 6.07) is 7.20. The zero-order chi connectivity index (χ0) is 14.2. The standard InChI is InChI=1S/C15H15N5O/c21-15-9-12(17-13-3-1-2-5-20(13)15)10-18-7-8-19-6-4-16-14(19)11-18/h1-6,9H,7-8,10-11H2. The molecule has 0 bridgehead atoms. The molecule has 21 heavy (non-hydrogen) atoms. The quantitative estimate of drug-likeness (QED) is 0.700. The van der Waals surface area contributed by atoms with Crippen molar-refractivity contribution in [2.24, 2.45) is 0 Å². The van der Waals surface area contributed by atoms with Crippen LogP contribution < -0.4 is 5.56 Å². The van der Waals surface area contributed by atoms with Crippen molar-refractivity contribution in [2.45, 2.75) is 19.6 Å². The summed E-state index contributed by atoms with van der Waals surface area (Å²) in [5.74, 6) is 1.07. The molecule has 0 amide bonds. The number of aromatic nitrogens is 4. The van der Waals surface area contributed by atoms with Gasteiger partial charge in [-0.15, -0.1) is 0 Å². The first-order chi connectivity index (χ1) is 10.3. The van der Waals surface area contributed by atoms with Gasteiger partial charge in [-0.1, -0.05) is 6.07 Å².